The molecule has 1 aromatic rings. The summed E-state index contributed by atoms with van der Waals surface area (Å²) in [5.74, 6) is 2.34. The highest BCUT2D eigenvalue weighted by Gasteiger charge is 2.18. The molecule has 1 aliphatic rings. The van der Waals surface area contributed by atoms with E-state index in [4.69, 9.17) is 4.74 Å². The first kappa shape index (κ1) is 23.3. The number of rotatable bonds is 12. The predicted molar refractivity (Wildman–Crippen MR) is 120 cm³/mol. The number of ether oxygens (including phenoxy) is 1. The van der Waals surface area contributed by atoms with E-state index >= 15 is 0 Å². The van der Waals surface area contributed by atoms with Gasteiger partial charge in [-0.1, -0.05) is 13.8 Å². The fourth-order valence-electron chi connectivity index (χ4n) is 3.15. The molecule has 1 fully saturated rings. The van der Waals surface area contributed by atoms with Gasteiger partial charge in [0.05, 0.1) is 0 Å². The van der Waals surface area contributed by atoms with Gasteiger partial charge in [0.2, 0.25) is 5.95 Å². The van der Waals surface area contributed by atoms with Crippen LogP contribution in [0.1, 0.15) is 33.6 Å². The molecule has 0 aromatic carbocycles. The summed E-state index contributed by atoms with van der Waals surface area (Å²) in [4.78, 5) is 18.1. The molecule has 1 saturated heterocycles. The second-order valence-corrected chi connectivity index (χ2v) is 7.74. The first-order chi connectivity index (χ1) is 14.2. The number of hydrogen-bond donors (Lipinski definition) is 2. The highest BCUT2D eigenvalue weighted by molar-refractivity contribution is 5.79. The van der Waals surface area contributed by atoms with Crippen molar-refractivity contribution >= 4 is 11.9 Å². The number of nitrogens with zero attached hydrogens (tertiary/aromatic N) is 5. The molecule has 0 atom stereocenters. The Balaban J connectivity index is 1.57. The molecular weight excluding hydrogens is 366 g/mol. The normalized spacial score (nSPS) is 15.7. The van der Waals surface area contributed by atoms with Crippen LogP contribution in [0.25, 0.3) is 0 Å². The van der Waals surface area contributed by atoms with Gasteiger partial charge in [0.1, 0.15) is 0 Å². The molecule has 164 valence electrons. The fraction of sp³-hybridized carbons (Fsp3) is 0.762. The number of nitrogens with one attached hydrogen (secondary N) is 2. The van der Waals surface area contributed by atoms with Crippen molar-refractivity contribution in [2.45, 2.75) is 33.6 Å². The van der Waals surface area contributed by atoms with Crippen LogP contribution >= 0.6 is 0 Å². The molecule has 1 aliphatic heterocycles. The summed E-state index contributed by atoms with van der Waals surface area (Å²) >= 11 is 0. The first-order valence-electron chi connectivity index (χ1n) is 11.0. The van der Waals surface area contributed by atoms with Gasteiger partial charge in [-0.2, -0.15) is 0 Å². The van der Waals surface area contributed by atoms with E-state index in [9.17, 15) is 0 Å². The minimum Gasteiger partial charge on any atom is -0.381 e. The van der Waals surface area contributed by atoms with E-state index in [-0.39, 0.29) is 0 Å². The van der Waals surface area contributed by atoms with Gasteiger partial charge < -0.3 is 20.3 Å². The Hall–Kier alpha value is -1.93. The molecule has 0 aliphatic carbocycles. The van der Waals surface area contributed by atoms with Crippen molar-refractivity contribution < 1.29 is 4.74 Å². The Kier molecular flexibility index (Phi) is 11.4. The standard InChI is InChI=1S/C21H39N7O/c1-4-22-20(24-11-7-17-29-18-19(2)3)23-10-6-12-27-13-15-28(16-14-27)21-25-8-5-9-26-21/h5,8-9,19H,4,6-7,10-18H2,1-3H3,(H2,22,23,24). The molecule has 2 N–H and O–H groups in total. The van der Waals surface area contributed by atoms with Crippen LogP contribution < -0.4 is 15.5 Å². The van der Waals surface area contributed by atoms with Gasteiger partial charge in [0.25, 0.3) is 0 Å². The van der Waals surface area contributed by atoms with Crippen LogP contribution in [-0.4, -0.2) is 86.4 Å². The molecule has 8 nitrogen and oxygen atoms in total. The molecule has 2 rings (SSSR count). The van der Waals surface area contributed by atoms with Gasteiger partial charge in [-0.05, 0) is 38.3 Å². The Morgan fingerprint density at radius 3 is 2.59 bits per heavy atom. The molecule has 0 saturated carbocycles. The molecule has 0 spiro atoms. The Bertz CT molecular complexity index is 559. The lowest BCUT2D eigenvalue weighted by molar-refractivity contribution is 0.109. The lowest BCUT2D eigenvalue weighted by Crippen LogP contribution is -2.47. The van der Waals surface area contributed by atoms with E-state index in [0.717, 1.165) is 90.3 Å². The third-order valence-corrected chi connectivity index (χ3v) is 4.66. The predicted octanol–water partition coefficient (Wildman–Crippen LogP) is 1.61. The zero-order valence-corrected chi connectivity index (χ0v) is 18.4. The minimum absolute atomic E-state index is 0.590. The van der Waals surface area contributed by atoms with Crippen LogP contribution in [0, 0.1) is 5.92 Å². The Morgan fingerprint density at radius 1 is 1.14 bits per heavy atom. The van der Waals surface area contributed by atoms with Gasteiger partial charge in [-0.15, -0.1) is 0 Å². The van der Waals surface area contributed by atoms with E-state index in [1.165, 1.54) is 0 Å². The second kappa shape index (κ2) is 14.1. The summed E-state index contributed by atoms with van der Waals surface area (Å²) in [6.07, 6.45) is 5.67. The molecule has 2 heterocycles. The highest BCUT2D eigenvalue weighted by atomic mass is 16.5. The Morgan fingerprint density at radius 2 is 1.90 bits per heavy atom. The topological polar surface area (TPSA) is 77.9 Å². The third-order valence-electron chi connectivity index (χ3n) is 4.66. The number of aromatic nitrogens is 2. The molecule has 0 bridgehead atoms. The van der Waals surface area contributed by atoms with Gasteiger partial charge in [-0.25, -0.2) is 9.97 Å². The van der Waals surface area contributed by atoms with Crippen molar-refractivity contribution in [2.24, 2.45) is 10.9 Å². The molecule has 8 heteroatoms. The maximum atomic E-state index is 5.61. The molecule has 1 aromatic heterocycles. The number of aliphatic imine (C=N–C) groups is 1. The summed E-state index contributed by atoms with van der Waals surface area (Å²) in [5, 5.41) is 6.76. The van der Waals surface area contributed by atoms with E-state index in [1.54, 1.807) is 0 Å². The summed E-state index contributed by atoms with van der Waals surface area (Å²) in [5.41, 5.74) is 0. The zero-order valence-electron chi connectivity index (χ0n) is 18.4. The number of guanidine groups is 1. The molecular formula is C21H39N7O. The smallest absolute Gasteiger partial charge is 0.225 e. The van der Waals surface area contributed by atoms with Gasteiger partial charge in [0, 0.05) is 71.4 Å². The third kappa shape index (κ3) is 9.89. The quantitative estimate of drug-likeness (QED) is 0.311. The summed E-state index contributed by atoms with van der Waals surface area (Å²) < 4.78 is 5.61. The molecule has 0 radical (unpaired) electrons. The lowest BCUT2D eigenvalue weighted by atomic mass is 10.2. The van der Waals surface area contributed by atoms with Crippen molar-refractivity contribution in [1.29, 1.82) is 0 Å². The van der Waals surface area contributed by atoms with Gasteiger partial charge >= 0.3 is 0 Å². The van der Waals surface area contributed by atoms with Gasteiger partial charge in [-0.3, -0.25) is 9.89 Å². The zero-order chi connectivity index (χ0) is 20.7. The van der Waals surface area contributed by atoms with E-state index in [0.29, 0.717) is 5.92 Å². The van der Waals surface area contributed by atoms with Crippen molar-refractivity contribution in [3.05, 3.63) is 18.5 Å². The van der Waals surface area contributed by atoms with Gasteiger partial charge in [0.15, 0.2) is 5.96 Å². The van der Waals surface area contributed by atoms with E-state index in [1.807, 2.05) is 18.5 Å². The maximum absolute atomic E-state index is 5.61. The van der Waals surface area contributed by atoms with Crippen LogP contribution in [0.4, 0.5) is 5.95 Å². The lowest BCUT2D eigenvalue weighted by Gasteiger charge is -2.34. The monoisotopic (exact) mass is 405 g/mol. The first-order valence-corrected chi connectivity index (χ1v) is 11.0. The maximum Gasteiger partial charge on any atom is 0.225 e. The fourth-order valence-corrected chi connectivity index (χ4v) is 3.15. The van der Waals surface area contributed by atoms with Crippen LogP contribution in [0.2, 0.25) is 0 Å². The van der Waals surface area contributed by atoms with Crippen LogP contribution in [0.15, 0.2) is 23.5 Å². The van der Waals surface area contributed by atoms with Crippen molar-refractivity contribution in [3.63, 3.8) is 0 Å². The average Bonchev–Trinajstić information content (AvgIpc) is 2.74. The number of anilines is 1. The van der Waals surface area contributed by atoms with Crippen LogP contribution in [-0.2, 0) is 4.74 Å². The van der Waals surface area contributed by atoms with E-state index in [2.05, 4.69) is 56.2 Å². The Labute approximate surface area is 176 Å². The van der Waals surface area contributed by atoms with E-state index < -0.39 is 0 Å². The summed E-state index contributed by atoms with van der Waals surface area (Å²) in [6, 6.07) is 1.86. The number of piperazine rings is 1. The summed E-state index contributed by atoms with van der Waals surface area (Å²) in [7, 11) is 0. The molecule has 29 heavy (non-hydrogen) atoms. The minimum atomic E-state index is 0.590. The van der Waals surface area contributed by atoms with Crippen LogP contribution in [0.3, 0.4) is 0 Å². The SMILES string of the molecule is CCNC(=NCCCOCC(C)C)NCCCN1CCN(c2ncccn2)CC1. The largest absolute Gasteiger partial charge is 0.381 e. The summed E-state index contributed by atoms with van der Waals surface area (Å²) in [6.45, 7) is 15.8. The molecule has 0 amide bonds. The van der Waals surface area contributed by atoms with Crippen LogP contribution in [0.5, 0.6) is 0 Å². The van der Waals surface area contributed by atoms with Crippen molar-refractivity contribution in [3.8, 4) is 0 Å². The molecule has 0 unspecified atom stereocenters. The number of hydrogen-bond acceptors (Lipinski definition) is 6. The highest BCUT2D eigenvalue weighted by Crippen LogP contribution is 2.09. The average molecular weight is 406 g/mol. The van der Waals surface area contributed by atoms with Crippen molar-refractivity contribution in [1.82, 2.24) is 25.5 Å². The van der Waals surface area contributed by atoms with Crippen molar-refractivity contribution in [2.75, 3.05) is 70.5 Å². The second-order valence-electron chi connectivity index (χ2n) is 7.74.